The van der Waals surface area contributed by atoms with E-state index in [2.05, 4.69) is 21.7 Å². The number of carbonyl (C=O) groups excluding carboxylic acids is 1. The number of nitrogens with zero attached hydrogens (tertiary/aromatic N) is 1. The number of urea groups is 1. The molecule has 1 heterocycles. The van der Waals surface area contributed by atoms with Gasteiger partial charge in [0.1, 0.15) is 0 Å². The van der Waals surface area contributed by atoms with Gasteiger partial charge < -0.3 is 15.7 Å². The molecule has 0 aliphatic rings. The maximum atomic E-state index is 11.8. The molecule has 2 amide bonds. The highest BCUT2D eigenvalue weighted by Gasteiger charge is 2.11. The number of benzene rings is 1. The molecule has 0 saturated carbocycles. The number of aryl methyl sites for hydroxylation is 4. The van der Waals surface area contributed by atoms with Crippen LogP contribution in [0.25, 0.3) is 0 Å². The first-order chi connectivity index (χ1) is 11.3. The molecule has 6 heteroatoms. The van der Waals surface area contributed by atoms with E-state index in [0.29, 0.717) is 6.54 Å². The van der Waals surface area contributed by atoms with Crippen LogP contribution in [0.1, 0.15) is 38.4 Å². The number of amides is 2. The third-order valence-corrected chi connectivity index (χ3v) is 4.85. The van der Waals surface area contributed by atoms with Gasteiger partial charge in [0.2, 0.25) is 0 Å². The average molecular weight is 347 g/mol. The quantitative estimate of drug-likeness (QED) is 0.752. The first-order valence-electron chi connectivity index (χ1n) is 8.06. The zero-order valence-electron chi connectivity index (χ0n) is 14.6. The van der Waals surface area contributed by atoms with Crippen LogP contribution in [-0.2, 0) is 6.42 Å². The summed E-state index contributed by atoms with van der Waals surface area (Å²) in [5, 5.41) is 16.8. The zero-order chi connectivity index (χ0) is 17.7. The molecule has 3 N–H and O–H groups in total. The molecule has 1 atom stereocenters. The van der Waals surface area contributed by atoms with Crippen molar-refractivity contribution >= 4 is 17.4 Å². The maximum absolute atomic E-state index is 11.8. The second-order valence-electron chi connectivity index (χ2n) is 6.07. The van der Waals surface area contributed by atoms with Crippen molar-refractivity contribution in [2.75, 3.05) is 13.1 Å². The van der Waals surface area contributed by atoms with Crippen molar-refractivity contribution in [3.8, 4) is 0 Å². The highest BCUT2D eigenvalue weighted by molar-refractivity contribution is 7.11. The molecule has 0 aliphatic carbocycles. The Kier molecular flexibility index (Phi) is 6.34. The number of nitrogens with one attached hydrogen (secondary N) is 2. The largest absolute Gasteiger partial charge is 0.387 e. The summed E-state index contributed by atoms with van der Waals surface area (Å²) < 4.78 is 0. The summed E-state index contributed by atoms with van der Waals surface area (Å²) in [4.78, 5) is 17.4. The van der Waals surface area contributed by atoms with Gasteiger partial charge in [-0.3, -0.25) is 0 Å². The summed E-state index contributed by atoms with van der Waals surface area (Å²) in [5.41, 5.74) is 4.06. The van der Waals surface area contributed by atoms with Crippen molar-refractivity contribution in [3.05, 3.63) is 50.5 Å². The van der Waals surface area contributed by atoms with E-state index in [1.165, 1.54) is 4.88 Å². The lowest BCUT2D eigenvalue weighted by molar-refractivity contribution is 0.173. The van der Waals surface area contributed by atoms with Gasteiger partial charge in [0.15, 0.2) is 0 Å². The van der Waals surface area contributed by atoms with E-state index in [1.807, 2.05) is 39.8 Å². The maximum Gasteiger partial charge on any atom is 0.314 e. The molecule has 0 fully saturated rings. The number of aromatic nitrogens is 1. The number of hydrogen-bond donors (Lipinski definition) is 3. The summed E-state index contributed by atoms with van der Waals surface area (Å²) in [6, 6.07) is 5.66. The van der Waals surface area contributed by atoms with E-state index >= 15 is 0 Å². The molecule has 0 saturated heterocycles. The molecule has 0 bridgehead atoms. The zero-order valence-corrected chi connectivity index (χ0v) is 15.5. The lowest BCUT2D eigenvalue weighted by atomic mass is 10.0. The average Bonchev–Trinajstić information content (AvgIpc) is 2.81. The van der Waals surface area contributed by atoms with Gasteiger partial charge in [0.05, 0.1) is 16.8 Å². The fourth-order valence-electron chi connectivity index (χ4n) is 2.67. The molecule has 2 aromatic rings. The molecular formula is C18H25N3O2S. The van der Waals surface area contributed by atoms with E-state index in [4.69, 9.17) is 0 Å². The summed E-state index contributed by atoms with van der Waals surface area (Å²) >= 11 is 1.66. The Morgan fingerprint density at radius 2 is 1.83 bits per heavy atom. The topological polar surface area (TPSA) is 74.2 Å². The number of thiazole rings is 1. The minimum absolute atomic E-state index is 0.188. The SMILES string of the molecule is Cc1cc(C)cc([C@H](O)CNC(=O)NCCc2sc(C)nc2C)c1. The van der Waals surface area contributed by atoms with Gasteiger partial charge in [0, 0.05) is 24.4 Å². The van der Waals surface area contributed by atoms with Gasteiger partial charge in [0.25, 0.3) is 0 Å². The van der Waals surface area contributed by atoms with Crippen molar-refractivity contribution in [2.45, 2.75) is 40.2 Å². The van der Waals surface area contributed by atoms with Crippen LogP contribution in [0.5, 0.6) is 0 Å². The van der Waals surface area contributed by atoms with Gasteiger partial charge in [-0.25, -0.2) is 9.78 Å². The first kappa shape index (κ1) is 18.4. The predicted molar refractivity (Wildman–Crippen MR) is 97.6 cm³/mol. The standard InChI is InChI=1S/C18H25N3O2S/c1-11-7-12(2)9-15(8-11)16(22)10-20-18(23)19-6-5-17-13(3)21-14(4)24-17/h7-9,16,22H,5-6,10H2,1-4H3,(H2,19,20,23)/t16-/m1/s1. The van der Waals surface area contributed by atoms with E-state index < -0.39 is 6.10 Å². The number of rotatable bonds is 6. The normalized spacial score (nSPS) is 12.0. The number of aliphatic hydroxyl groups excluding tert-OH is 1. The van der Waals surface area contributed by atoms with Crippen LogP contribution in [0.2, 0.25) is 0 Å². The number of hydrogen-bond acceptors (Lipinski definition) is 4. The predicted octanol–water partition coefficient (Wildman–Crippen LogP) is 2.95. The van der Waals surface area contributed by atoms with Gasteiger partial charge in [-0.1, -0.05) is 29.3 Å². The van der Waals surface area contributed by atoms with Gasteiger partial charge in [-0.2, -0.15) is 0 Å². The van der Waals surface area contributed by atoms with Gasteiger partial charge in [-0.05, 0) is 33.3 Å². The molecule has 2 rings (SSSR count). The van der Waals surface area contributed by atoms with Crippen LogP contribution >= 0.6 is 11.3 Å². The Morgan fingerprint density at radius 3 is 2.42 bits per heavy atom. The third-order valence-electron chi connectivity index (χ3n) is 3.72. The monoisotopic (exact) mass is 347 g/mol. The summed E-state index contributed by atoms with van der Waals surface area (Å²) in [5.74, 6) is 0. The van der Waals surface area contributed by atoms with Crippen LogP contribution in [0.3, 0.4) is 0 Å². The second-order valence-corrected chi connectivity index (χ2v) is 7.35. The molecule has 130 valence electrons. The van der Waals surface area contributed by atoms with E-state index in [9.17, 15) is 9.90 Å². The molecule has 1 aromatic heterocycles. The van der Waals surface area contributed by atoms with Crippen LogP contribution in [0.4, 0.5) is 4.79 Å². The molecule has 24 heavy (non-hydrogen) atoms. The lowest BCUT2D eigenvalue weighted by Crippen LogP contribution is -2.38. The minimum atomic E-state index is -0.708. The summed E-state index contributed by atoms with van der Waals surface area (Å²) in [7, 11) is 0. The second kappa shape index (κ2) is 8.26. The van der Waals surface area contributed by atoms with Crippen molar-refractivity contribution in [1.29, 1.82) is 0 Å². The van der Waals surface area contributed by atoms with Gasteiger partial charge in [-0.15, -0.1) is 11.3 Å². The summed E-state index contributed by atoms with van der Waals surface area (Å²) in [6.07, 6.45) is 0.0606. The lowest BCUT2D eigenvalue weighted by Gasteiger charge is -2.14. The van der Waals surface area contributed by atoms with Crippen molar-refractivity contribution in [1.82, 2.24) is 15.6 Å². The Morgan fingerprint density at radius 1 is 1.17 bits per heavy atom. The van der Waals surface area contributed by atoms with Crippen molar-refractivity contribution < 1.29 is 9.90 Å². The molecule has 0 unspecified atom stereocenters. The summed E-state index contributed by atoms with van der Waals surface area (Å²) in [6.45, 7) is 8.69. The van der Waals surface area contributed by atoms with Crippen LogP contribution in [-0.4, -0.2) is 29.2 Å². The number of carbonyl (C=O) groups is 1. The van der Waals surface area contributed by atoms with Crippen molar-refractivity contribution in [3.63, 3.8) is 0 Å². The number of aliphatic hydroxyl groups is 1. The Balaban J connectivity index is 1.75. The van der Waals surface area contributed by atoms with Crippen LogP contribution < -0.4 is 10.6 Å². The molecule has 0 radical (unpaired) electrons. The Labute approximate surface area is 147 Å². The smallest absolute Gasteiger partial charge is 0.314 e. The molecule has 0 aliphatic heterocycles. The Bertz CT molecular complexity index is 692. The third kappa shape index (κ3) is 5.32. The fraction of sp³-hybridized carbons (Fsp3) is 0.444. The first-order valence-corrected chi connectivity index (χ1v) is 8.87. The Hall–Kier alpha value is -1.92. The van der Waals surface area contributed by atoms with Gasteiger partial charge >= 0.3 is 6.03 Å². The molecule has 5 nitrogen and oxygen atoms in total. The molecular weight excluding hydrogens is 322 g/mol. The van der Waals surface area contributed by atoms with Crippen molar-refractivity contribution in [2.24, 2.45) is 0 Å². The minimum Gasteiger partial charge on any atom is -0.387 e. The van der Waals surface area contributed by atoms with Crippen LogP contribution in [0, 0.1) is 27.7 Å². The van der Waals surface area contributed by atoms with E-state index in [0.717, 1.165) is 33.8 Å². The highest BCUT2D eigenvalue weighted by Crippen LogP contribution is 2.17. The molecule has 0 spiro atoms. The van der Waals surface area contributed by atoms with Crippen LogP contribution in [0.15, 0.2) is 18.2 Å². The fourth-order valence-corrected chi connectivity index (χ4v) is 3.60. The van der Waals surface area contributed by atoms with E-state index in [-0.39, 0.29) is 12.6 Å². The highest BCUT2D eigenvalue weighted by atomic mass is 32.1. The molecule has 1 aromatic carbocycles. The van der Waals surface area contributed by atoms with E-state index in [1.54, 1.807) is 11.3 Å².